The Hall–Kier alpha value is -2.05. The second-order valence-electron chi connectivity index (χ2n) is 6.01. The molecule has 0 bridgehead atoms. The summed E-state index contributed by atoms with van der Waals surface area (Å²) in [5.74, 6) is 0.166. The van der Waals surface area contributed by atoms with E-state index in [1.165, 1.54) is 11.1 Å². The predicted octanol–water partition coefficient (Wildman–Crippen LogP) is 4.10. The number of thiophene rings is 1. The zero-order valence-electron chi connectivity index (χ0n) is 14.0. The maximum absolute atomic E-state index is 13.1. The van der Waals surface area contributed by atoms with E-state index in [1.54, 1.807) is 23.1 Å². The highest BCUT2D eigenvalue weighted by molar-refractivity contribution is 8.00. The molecule has 0 unspecified atom stereocenters. The van der Waals surface area contributed by atoms with Gasteiger partial charge in [0.1, 0.15) is 5.69 Å². The summed E-state index contributed by atoms with van der Waals surface area (Å²) in [7, 11) is 0. The highest BCUT2D eigenvalue weighted by Gasteiger charge is 2.31. The normalized spacial score (nSPS) is 14.0. The molecule has 3 heterocycles. The molecular weight excluding hydrogens is 350 g/mol. The monoisotopic (exact) mass is 369 g/mol. The van der Waals surface area contributed by atoms with Crippen LogP contribution in [0.4, 0.5) is 0 Å². The van der Waals surface area contributed by atoms with Crippen LogP contribution in [0.15, 0.2) is 46.8 Å². The molecule has 0 aliphatic carbocycles. The molecule has 1 amide bonds. The molecule has 4 rings (SSSR count). The van der Waals surface area contributed by atoms with Gasteiger partial charge in [0, 0.05) is 19.3 Å². The maximum Gasteiger partial charge on any atom is 0.256 e. The Kier molecular flexibility index (Phi) is 4.63. The van der Waals surface area contributed by atoms with Gasteiger partial charge in [0.25, 0.3) is 5.91 Å². The van der Waals surface area contributed by atoms with E-state index in [0.717, 1.165) is 46.3 Å². The van der Waals surface area contributed by atoms with Gasteiger partial charge < -0.3 is 4.90 Å². The van der Waals surface area contributed by atoms with Crippen molar-refractivity contribution in [1.82, 2.24) is 15.1 Å². The van der Waals surface area contributed by atoms with E-state index < -0.39 is 0 Å². The molecule has 3 aromatic rings. The van der Waals surface area contributed by atoms with Crippen molar-refractivity contribution in [3.05, 3.63) is 59.3 Å². The number of thioether (sulfide) groups is 1. The van der Waals surface area contributed by atoms with E-state index in [1.807, 2.05) is 41.6 Å². The molecule has 1 N–H and O–H groups in total. The molecule has 1 aliphatic heterocycles. The van der Waals surface area contributed by atoms with Crippen LogP contribution in [0.2, 0.25) is 0 Å². The molecule has 1 aromatic carbocycles. The number of benzene rings is 1. The fraction of sp³-hybridized carbons (Fsp3) is 0.263. The van der Waals surface area contributed by atoms with E-state index in [0.29, 0.717) is 0 Å². The molecule has 4 nitrogen and oxygen atoms in total. The number of aromatic nitrogens is 2. The second-order valence-corrected chi connectivity index (χ2v) is 8.11. The number of H-pyrrole nitrogens is 1. The number of carbonyl (C=O) groups is 1. The van der Waals surface area contributed by atoms with Crippen LogP contribution in [0.25, 0.3) is 10.6 Å². The number of hydrogen-bond acceptors (Lipinski definition) is 4. The summed E-state index contributed by atoms with van der Waals surface area (Å²) >= 11 is 3.34. The standard InChI is InChI=1S/C19H19N3OS2/c1-24-19-16-14(17(25-19)15-7-10-20-21-15)9-12-22(18(16)23)11-8-13-5-3-2-4-6-13/h2-7,10H,8-9,11-12H2,1H3,(H,20,21). The zero-order valence-corrected chi connectivity index (χ0v) is 15.6. The third-order valence-electron chi connectivity index (χ3n) is 4.54. The lowest BCUT2D eigenvalue weighted by Gasteiger charge is -2.28. The lowest BCUT2D eigenvalue weighted by atomic mass is 10.00. The Balaban J connectivity index is 1.60. The largest absolute Gasteiger partial charge is 0.338 e. The summed E-state index contributed by atoms with van der Waals surface area (Å²) in [6.07, 6.45) is 5.66. The fourth-order valence-electron chi connectivity index (χ4n) is 3.26. The van der Waals surface area contributed by atoms with Gasteiger partial charge in [-0.25, -0.2) is 0 Å². The number of amides is 1. The molecule has 0 atom stereocenters. The van der Waals surface area contributed by atoms with Gasteiger partial charge in [0.15, 0.2) is 0 Å². The topological polar surface area (TPSA) is 49.0 Å². The van der Waals surface area contributed by atoms with Gasteiger partial charge in [0.2, 0.25) is 0 Å². The first kappa shape index (κ1) is 16.4. The molecular formula is C19H19N3OS2. The molecule has 0 fully saturated rings. The van der Waals surface area contributed by atoms with Crippen molar-refractivity contribution < 1.29 is 4.79 Å². The number of nitrogens with one attached hydrogen (secondary N) is 1. The minimum atomic E-state index is 0.166. The highest BCUT2D eigenvalue weighted by Crippen LogP contribution is 2.42. The fourth-order valence-corrected chi connectivity index (χ4v) is 5.30. The van der Waals surface area contributed by atoms with E-state index >= 15 is 0 Å². The van der Waals surface area contributed by atoms with Gasteiger partial charge >= 0.3 is 0 Å². The Morgan fingerprint density at radius 1 is 1.28 bits per heavy atom. The van der Waals surface area contributed by atoms with Crippen molar-refractivity contribution in [3.8, 4) is 10.6 Å². The van der Waals surface area contributed by atoms with E-state index in [-0.39, 0.29) is 5.91 Å². The van der Waals surface area contributed by atoms with Gasteiger partial charge in [0.05, 0.1) is 14.6 Å². The smallest absolute Gasteiger partial charge is 0.256 e. The lowest BCUT2D eigenvalue weighted by molar-refractivity contribution is 0.0739. The molecule has 0 saturated heterocycles. The average Bonchev–Trinajstić information content (AvgIpc) is 3.29. The van der Waals surface area contributed by atoms with Crippen molar-refractivity contribution >= 4 is 29.0 Å². The maximum atomic E-state index is 13.1. The van der Waals surface area contributed by atoms with Crippen LogP contribution in [0.3, 0.4) is 0 Å². The number of rotatable bonds is 5. The number of aromatic amines is 1. The molecule has 1 aliphatic rings. The SMILES string of the molecule is CSc1sc(-c2cc[nH]n2)c2c1C(=O)N(CCc1ccccc1)CC2. The van der Waals surface area contributed by atoms with Gasteiger partial charge in [-0.1, -0.05) is 30.3 Å². The third kappa shape index (κ3) is 3.12. The van der Waals surface area contributed by atoms with Crippen molar-refractivity contribution in [2.75, 3.05) is 19.3 Å². The van der Waals surface area contributed by atoms with Gasteiger partial charge in [-0.15, -0.1) is 23.1 Å². The predicted molar refractivity (Wildman–Crippen MR) is 103 cm³/mol. The van der Waals surface area contributed by atoms with Crippen LogP contribution in [-0.2, 0) is 12.8 Å². The van der Waals surface area contributed by atoms with Crippen molar-refractivity contribution in [1.29, 1.82) is 0 Å². The molecule has 25 heavy (non-hydrogen) atoms. The van der Waals surface area contributed by atoms with Crippen LogP contribution in [0.5, 0.6) is 0 Å². The Bertz CT molecular complexity index is 872. The number of hydrogen-bond donors (Lipinski definition) is 1. The van der Waals surface area contributed by atoms with Crippen molar-refractivity contribution in [2.24, 2.45) is 0 Å². The number of nitrogens with zero attached hydrogens (tertiary/aromatic N) is 2. The Labute approximate surface area is 155 Å². The minimum Gasteiger partial charge on any atom is -0.338 e. The molecule has 0 spiro atoms. The third-order valence-corrected chi connectivity index (χ3v) is 6.91. The number of carbonyl (C=O) groups excluding carboxylic acids is 1. The minimum absolute atomic E-state index is 0.166. The number of fused-ring (bicyclic) bond motifs is 1. The summed E-state index contributed by atoms with van der Waals surface area (Å²) in [4.78, 5) is 16.2. The average molecular weight is 370 g/mol. The van der Waals surface area contributed by atoms with Crippen LogP contribution < -0.4 is 0 Å². The van der Waals surface area contributed by atoms with E-state index in [9.17, 15) is 4.79 Å². The Morgan fingerprint density at radius 3 is 2.84 bits per heavy atom. The molecule has 128 valence electrons. The van der Waals surface area contributed by atoms with Crippen LogP contribution in [-0.4, -0.2) is 40.3 Å². The zero-order chi connectivity index (χ0) is 17.2. The molecule has 2 aromatic heterocycles. The lowest BCUT2D eigenvalue weighted by Crippen LogP contribution is -2.38. The van der Waals surface area contributed by atoms with Crippen molar-refractivity contribution in [2.45, 2.75) is 17.1 Å². The Morgan fingerprint density at radius 2 is 2.12 bits per heavy atom. The quantitative estimate of drug-likeness (QED) is 0.689. The van der Waals surface area contributed by atoms with Crippen LogP contribution in [0.1, 0.15) is 21.5 Å². The summed E-state index contributed by atoms with van der Waals surface area (Å²) in [5, 5.41) is 7.19. The first-order chi connectivity index (χ1) is 12.3. The van der Waals surface area contributed by atoms with E-state index in [2.05, 4.69) is 22.3 Å². The summed E-state index contributed by atoms with van der Waals surface area (Å²) in [5.41, 5.74) is 4.28. The van der Waals surface area contributed by atoms with Crippen LogP contribution >= 0.6 is 23.1 Å². The second kappa shape index (κ2) is 7.06. The highest BCUT2D eigenvalue weighted by atomic mass is 32.2. The van der Waals surface area contributed by atoms with Gasteiger partial charge in [-0.3, -0.25) is 9.89 Å². The van der Waals surface area contributed by atoms with Crippen molar-refractivity contribution in [3.63, 3.8) is 0 Å². The van der Waals surface area contributed by atoms with E-state index in [4.69, 9.17) is 0 Å². The molecule has 0 radical (unpaired) electrons. The summed E-state index contributed by atoms with van der Waals surface area (Å²) in [6.45, 7) is 1.55. The summed E-state index contributed by atoms with van der Waals surface area (Å²) in [6, 6.07) is 12.3. The first-order valence-electron chi connectivity index (χ1n) is 8.31. The first-order valence-corrected chi connectivity index (χ1v) is 10.3. The van der Waals surface area contributed by atoms with Crippen LogP contribution in [0, 0.1) is 0 Å². The van der Waals surface area contributed by atoms with Gasteiger partial charge in [-0.2, -0.15) is 5.10 Å². The molecule has 6 heteroatoms. The molecule has 0 saturated carbocycles. The van der Waals surface area contributed by atoms with Gasteiger partial charge in [-0.05, 0) is 36.3 Å². The summed E-state index contributed by atoms with van der Waals surface area (Å²) < 4.78 is 1.10.